The summed E-state index contributed by atoms with van der Waals surface area (Å²) in [7, 11) is 0. The zero-order chi connectivity index (χ0) is 13.6. The van der Waals surface area contributed by atoms with Crippen LogP contribution in [-0.4, -0.2) is 9.97 Å². The predicted molar refractivity (Wildman–Crippen MR) is 80.4 cm³/mol. The second-order valence-electron chi connectivity index (χ2n) is 4.22. The fourth-order valence-electron chi connectivity index (χ4n) is 1.93. The summed E-state index contributed by atoms with van der Waals surface area (Å²) < 4.78 is 0. The Balaban J connectivity index is 2.19. The van der Waals surface area contributed by atoms with E-state index in [1.165, 1.54) is 0 Å². The number of H-pyrrole nitrogens is 1. The third-order valence-electron chi connectivity index (χ3n) is 2.85. The number of nitrogens with two attached hydrogens (primary N) is 2. The number of aromatic amines is 1. The van der Waals surface area contributed by atoms with Crippen molar-refractivity contribution < 1.29 is 0 Å². The Morgan fingerprint density at radius 1 is 1.00 bits per heavy atom. The van der Waals surface area contributed by atoms with Gasteiger partial charge in [0.25, 0.3) is 0 Å². The molecule has 2 aromatic carbocycles. The van der Waals surface area contributed by atoms with Crippen molar-refractivity contribution in [1.82, 2.24) is 9.97 Å². The van der Waals surface area contributed by atoms with Crippen LogP contribution in [0.25, 0.3) is 22.4 Å². The number of fused-ring (bicyclic) bond motifs is 1. The van der Waals surface area contributed by atoms with Crippen LogP contribution in [0.1, 0.15) is 0 Å². The van der Waals surface area contributed by atoms with Crippen LogP contribution in [0.2, 0.25) is 10.0 Å². The molecular formula is C13H10Cl2N4. The Kier molecular flexibility index (Phi) is 2.77. The number of rotatable bonds is 1. The maximum Gasteiger partial charge on any atom is 0.138 e. The summed E-state index contributed by atoms with van der Waals surface area (Å²) in [4.78, 5) is 7.64. The molecule has 0 radical (unpaired) electrons. The first-order valence-electron chi connectivity index (χ1n) is 5.55. The quantitative estimate of drug-likeness (QED) is 0.598. The van der Waals surface area contributed by atoms with Gasteiger partial charge in [0.05, 0.1) is 27.4 Å². The molecule has 5 N–H and O–H groups in total. The van der Waals surface area contributed by atoms with Gasteiger partial charge >= 0.3 is 0 Å². The van der Waals surface area contributed by atoms with E-state index >= 15 is 0 Å². The standard InChI is InChI=1S/C13H10Cl2N4/c14-7-1-2-10-11(5-7)19-13(18-10)6-3-8(16)12(15)9(17)4-6/h1-5H,16-17H2,(H,18,19). The van der Waals surface area contributed by atoms with Crippen LogP contribution in [0.4, 0.5) is 11.4 Å². The highest BCUT2D eigenvalue weighted by Gasteiger charge is 2.10. The number of nitrogens with zero attached hydrogens (tertiary/aromatic N) is 1. The SMILES string of the molecule is Nc1cc(-c2nc3ccc(Cl)cc3[nH]2)cc(N)c1Cl. The Morgan fingerprint density at radius 3 is 2.37 bits per heavy atom. The lowest BCUT2D eigenvalue weighted by Crippen LogP contribution is -1.94. The Morgan fingerprint density at radius 2 is 1.68 bits per heavy atom. The van der Waals surface area contributed by atoms with E-state index in [2.05, 4.69) is 9.97 Å². The van der Waals surface area contributed by atoms with Gasteiger partial charge in [0.1, 0.15) is 5.82 Å². The molecule has 0 saturated heterocycles. The molecule has 0 spiro atoms. The minimum absolute atomic E-state index is 0.364. The van der Waals surface area contributed by atoms with Crippen LogP contribution in [0, 0.1) is 0 Å². The lowest BCUT2D eigenvalue weighted by molar-refractivity contribution is 1.34. The zero-order valence-electron chi connectivity index (χ0n) is 9.74. The van der Waals surface area contributed by atoms with Crippen LogP contribution in [0.3, 0.4) is 0 Å². The number of halogens is 2. The van der Waals surface area contributed by atoms with Crippen molar-refractivity contribution in [2.45, 2.75) is 0 Å². The van der Waals surface area contributed by atoms with E-state index in [-0.39, 0.29) is 0 Å². The Bertz CT molecular complexity index is 756. The summed E-state index contributed by atoms with van der Waals surface area (Å²) in [5.41, 5.74) is 14.9. The molecule has 0 fully saturated rings. The maximum absolute atomic E-state index is 5.94. The van der Waals surface area contributed by atoms with Crippen molar-refractivity contribution in [2.75, 3.05) is 11.5 Å². The minimum atomic E-state index is 0.364. The average molecular weight is 293 g/mol. The number of imidazole rings is 1. The fourth-order valence-corrected chi connectivity index (χ4v) is 2.21. The van der Waals surface area contributed by atoms with E-state index in [1.807, 2.05) is 12.1 Å². The molecule has 0 atom stereocenters. The van der Waals surface area contributed by atoms with Gasteiger partial charge in [0.15, 0.2) is 0 Å². The number of hydrogen-bond donors (Lipinski definition) is 3. The summed E-state index contributed by atoms with van der Waals surface area (Å²) in [5.74, 6) is 0.673. The molecule has 1 heterocycles. The van der Waals surface area contributed by atoms with Crippen molar-refractivity contribution in [2.24, 2.45) is 0 Å². The van der Waals surface area contributed by atoms with Gasteiger partial charge in [-0.3, -0.25) is 0 Å². The summed E-state index contributed by atoms with van der Waals surface area (Å²) in [6.45, 7) is 0. The number of benzene rings is 2. The molecule has 3 rings (SSSR count). The zero-order valence-corrected chi connectivity index (χ0v) is 11.3. The second-order valence-corrected chi connectivity index (χ2v) is 5.03. The molecular weight excluding hydrogens is 283 g/mol. The molecule has 0 unspecified atom stereocenters. The first-order valence-corrected chi connectivity index (χ1v) is 6.30. The van der Waals surface area contributed by atoms with E-state index in [9.17, 15) is 0 Å². The lowest BCUT2D eigenvalue weighted by atomic mass is 10.1. The summed E-state index contributed by atoms with van der Waals surface area (Å²) >= 11 is 11.9. The van der Waals surface area contributed by atoms with Crippen molar-refractivity contribution in [1.29, 1.82) is 0 Å². The Hall–Kier alpha value is -1.91. The van der Waals surface area contributed by atoms with Gasteiger partial charge in [0.2, 0.25) is 0 Å². The van der Waals surface area contributed by atoms with Gasteiger partial charge in [-0.25, -0.2) is 4.98 Å². The lowest BCUT2D eigenvalue weighted by Gasteiger charge is -2.05. The molecule has 19 heavy (non-hydrogen) atoms. The highest BCUT2D eigenvalue weighted by Crippen LogP contribution is 2.32. The molecule has 6 heteroatoms. The largest absolute Gasteiger partial charge is 0.397 e. The van der Waals surface area contributed by atoms with Crippen LogP contribution in [0.5, 0.6) is 0 Å². The van der Waals surface area contributed by atoms with Crippen LogP contribution >= 0.6 is 23.2 Å². The topological polar surface area (TPSA) is 80.7 Å². The van der Waals surface area contributed by atoms with Crippen molar-refractivity contribution in [3.63, 3.8) is 0 Å². The number of nitrogens with one attached hydrogen (secondary N) is 1. The summed E-state index contributed by atoms with van der Waals surface area (Å²) in [6.07, 6.45) is 0. The fraction of sp³-hybridized carbons (Fsp3) is 0. The van der Waals surface area contributed by atoms with E-state index < -0.39 is 0 Å². The molecule has 0 aliphatic carbocycles. The molecule has 4 nitrogen and oxygen atoms in total. The van der Waals surface area contributed by atoms with E-state index in [0.717, 1.165) is 16.6 Å². The first kappa shape index (κ1) is 12.1. The van der Waals surface area contributed by atoms with Crippen molar-refractivity contribution >= 4 is 45.6 Å². The highest BCUT2D eigenvalue weighted by atomic mass is 35.5. The van der Waals surface area contributed by atoms with Gasteiger partial charge in [-0.15, -0.1) is 0 Å². The number of anilines is 2. The van der Waals surface area contributed by atoms with E-state index in [4.69, 9.17) is 34.7 Å². The van der Waals surface area contributed by atoms with Gasteiger partial charge in [-0.2, -0.15) is 0 Å². The molecule has 1 aromatic heterocycles. The average Bonchev–Trinajstić information content (AvgIpc) is 2.78. The molecule has 0 bridgehead atoms. The van der Waals surface area contributed by atoms with Crippen LogP contribution in [-0.2, 0) is 0 Å². The Labute approximate surface area is 119 Å². The predicted octanol–water partition coefficient (Wildman–Crippen LogP) is 3.70. The van der Waals surface area contributed by atoms with Crippen LogP contribution < -0.4 is 11.5 Å². The normalized spacial score (nSPS) is 11.1. The summed E-state index contributed by atoms with van der Waals surface area (Å²) in [6, 6.07) is 8.92. The molecule has 0 aliphatic heterocycles. The first-order chi connectivity index (χ1) is 9.04. The molecule has 0 aliphatic rings. The maximum atomic E-state index is 5.94. The van der Waals surface area contributed by atoms with Crippen molar-refractivity contribution in [3.05, 3.63) is 40.4 Å². The van der Waals surface area contributed by atoms with Gasteiger partial charge in [-0.1, -0.05) is 23.2 Å². The second kappa shape index (κ2) is 4.33. The monoisotopic (exact) mass is 292 g/mol. The third-order valence-corrected chi connectivity index (χ3v) is 3.52. The number of nitrogen functional groups attached to an aromatic ring is 2. The number of hydrogen-bond acceptors (Lipinski definition) is 3. The van der Waals surface area contributed by atoms with Crippen molar-refractivity contribution in [3.8, 4) is 11.4 Å². The van der Waals surface area contributed by atoms with Gasteiger partial charge < -0.3 is 16.5 Å². The molecule has 0 amide bonds. The van der Waals surface area contributed by atoms with Gasteiger partial charge in [-0.05, 0) is 30.3 Å². The van der Waals surface area contributed by atoms with Gasteiger partial charge in [0, 0.05) is 10.6 Å². The molecule has 3 aromatic rings. The van der Waals surface area contributed by atoms with E-state index in [0.29, 0.717) is 27.2 Å². The minimum Gasteiger partial charge on any atom is -0.397 e. The highest BCUT2D eigenvalue weighted by molar-refractivity contribution is 6.35. The summed E-state index contributed by atoms with van der Waals surface area (Å²) in [5, 5.41) is 1.01. The smallest absolute Gasteiger partial charge is 0.138 e. The molecule has 96 valence electrons. The van der Waals surface area contributed by atoms with Crippen LogP contribution in [0.15, 0.2) is 30.3 Å². The number of aromatic nitrogens is 2. The third kappa shape index (κ3) is 2.09. The molecule has 0 saturated carbocycles. The van der Waals surface area contributed by atoms with E-state index in [1.54, 1.807) is 18.2 Å².